The molecule has 6 nitrogen and oxygen atoms in total. The zero-order valence-electron chi connectivity index (χ0n) is 15.7. The first kappa shape index (κ1) is 18.8. The van der Waals surface area contributed by atoms with Gasteiger partial charge >= 0.3 is 0 Å². The van der Waals surface area contributed by atoms with Gasteiger partial charge in [-0.1, -0.05) is 6.42 Å². The van der Waals surface area contributed by atoms with Crippen LogP contribution in [0.15, 0.2) is 11.8 Å². The lowest BCUT2D eigenvalue weighted by molar-refractivity contribution is -0.127. The average molecular weight is 358 g/mol. The van der Waals surface area contributed by atoms with E-state index in [2.05, 4.69) is 17.6 Å². The predicted octanol–water partition coefficient (Wildman–Crippen LogP) is 1.94. The van der Waals surface area contributed by atoms with Crippen molar-refractivity contribution in [2.45, 2.75) is 57.9 Å². The molecular formula is C20H30N4O2. The maximum atomic E-state index is 12.2. The number of fused-ring (bicyclic) bond motifs is 2. The van der Waals surface area contributed by atoms with Crippen LogP contribution in [0.2, 0.25) is 0 Å². The fourth-order valence-electron chi connectivity index (χ4n) is 4.90. The second-order valence-corrected chi connectivity index (χ2v) is 8.06. The van der Waals surface area contributed by atoms with Crippen LogP contribution in [0.1, 0.15) is 51.9 Å². The summed E-state index contributed by atoms with van der Waals surface area (Å²) in [4.78, 5) is 25.6. The molecule has 1 aliphatic heterocycles. The Morgan fingerprint density at radius 3 is 2.88 bits per heavy atom. The topological polar surface area (TPSA) is 85.2 Å². The number of rotatable bonds is 8. The molecule has 1 heterocycles. The highest BCUT2D eigenvalue weighted by molar-refractivity contribution is 5.97. The number of nitrogens with one attached hydrogen (secondary N) is 2. The maximum Gasteiger partial charge on any atom is 0.263 e. The van der Waals surface area contributed by atoms with Gasteiger partial charge < -0.3 is 15.5 Å². The van der Waals surface area contributed by atoms with Gasteiger partial charge in [-0.3, -0.25) is 9.59 Å². The zero-order valence-corrected chi connectivity index (χ0v) is 15.7. The lowest BCUT2D eigenvalue weighted by Crippen LogP contribution is -2.35. The Hall–Kier alpha value is -2.03. The first-order valence-corrected chi connectivity index (χ1v) is 10.0. The lowest BCUT2D eigenvalue weighted by Gasteiger charge is -2.28. The minimum Gasteiger partial charge on any atom is -0.387 e. The zero-order chi connectivity index (χ0) is 18.5. The van der Waals surface area contributed by atoms with Crippen molar-refractivity contribution in [3.63, 3.8) is 0 Å². The fraction of sp³-hybridized carbons (Fsp3) is 0.750. The van der Waals surface area contributed by atoms with Crippen LogP contribution >= 0.6 is 0 Å². The lowest BCUT2D eigenvalue weighted by atomic mass is 9.84. The molecule has 3 fully saturated rings. The number of amides is 2. The molecule has 0 aromatic carbocycles. The van der Waals surface area contributed by atoms with E-state index in [1.54, 1.807) is 6.20 Å². The molecule has 0 radical (unpaired) electrons. The highest BCUT2D eigenvalue weighted by Crippen LogP contribution is 2.49. The number of carbonyl (C=O) groups is 2. The Labute approximate surface area is 156 Å². The molecule has 1 saturated heterocycles. The summed E-state index contributed by atoms with van der Waals surface area (Å²) in [5.41, 5.74) is 0.122. The van der Waals surface area contributed by atoms with Gasteiger partial charge in [-0.2, -0.15) is 5.26 Å². The van der Waals surface area contributed by atoms with Crippen LogP contribution in [0, 0.1) is 29.1 Å². The molecule has 4 unspecified atom stereocenters. The Kier molecular flexibility index (Phi) is 6.18. The standard InChI is InChI=1S/C20H30N4O2/c1-14(18-11-15-5-6-16(18)10-15)23-13-17(12-21)20(26)22-7-3-9-24-8-2-4-19(24)25/h13-16,18,23H,2-11H2,1H3,(H,22,26)/b17-13-. The predicted molar refractivity (Wildman–Crippen MR) is 98.7 cm³/mol. The number of hydrogen-bond donors (Lipinski definition) is 2. The molecule has 0 aromatic heterocycles. The third-order valence-corrected chi connectivity index (χ3v) is 6.35. The van der Waals surface area contributed by atoms with Crippen molar-refractivity contribution in [1.29, 1.82) is 5.26 Å². The van der Waals surface area contributed by atoms with E-state index in [9.17, 15) is 14.9 Å². The van der Waals surface area contributed by atoms with E-state index in [1.165, 1.54) is 25.7 Å². The Bertz CT molecular complexity index is 609. The molecule has 3 rings (SSSR count). The minimum atomic E-state index is -0.340. The van der Waals surface area contributed by atoms with Crippen molar-refractivity contribution in [2.75, 3.05) is 19.6 Å². The smallest absolute Gasteiger partial charge is 0.263 e. The van der Waals surface area contributed by atoms with Gasteiger partial charge in [0.05, 0.1) is 0 Å². The largest absolute Gasteiger partial charge is 0.387 e. The van der Waals surface area contributed by atoms with E-state index in [0.29, 0.717) is 37.9 Å². The van der Waals surface area contributed by atoms with Crippen molar-refractivity contribution >= 4 is 11.8 Å². The third-order valence-electron chi connectivity index (χ3n) is 6.35. The number of hydrogen-bond acceptors (Lipinski definition) is 4. The monoisotopic (exact) mass is 358 g/mol. The maximum absolute atomic E-state index is 12.2. The van der Waals surface area contributed by atoms with Crippen molar-refractivity contribution in [3.8, 4) is 6.07 Å². The average Bonchev–Trinajstić information content (AvgIpc) is 3.36. The SMILES string of the molecule is CC(N/C=C(/C#N)C(=O)NCCCN1CCCC1=O)C1CC2CCC1C2. The summed E-state index contributed by atoms with van der Waals surface area (Å²) in [6, 6.07) is 2.29. The van der Waals surface area contributed by atoms with Crippen LogP contribution in [0.25, 0.3) is 0 Å². The first-order chi connectivity index (χ1) is 12.6. The van der Waals surface area contributed by atoms with Crippen LogP contribution in [0.3, 0.4) is 0 Å². The summed E-state index contributed by atoms with van der Waals surface area (Å²) < 4.78 is 0. The molecule has 2 N–H and O–H groups in total. The number of likely N-dealkylation sites (tertiary alicyclic amines) is 1. The van der Waals surface area contributed by atoms with Crippen molar-refractivity contribution < 1.29 is 9.59 Å². The molecule has 2 bridgehead atoms. The molecule has 0 spiro atoms. The Morgan fingerprint density at radius 1 is 1.42 bits per heavy atom. The van der Waals surface area contributed by atoms with Crippen LogP contribution in [0.4, 0.5) is 0 Å². The summed E-state index contributed by atoms with van der Waals surface area (Å²) >= 11 is 0. The Morgan fingerprint density at radius 2 is 2.27 bits per heavy atom. The van der Waals surface area contributed by atoms with E-state index in [4.69, 9.17) is 0 Å². The van der Waals surface area contributed by atoms with Gasteiger partial charge in [0.25, 0.3) is 5.91 Å². The van der Waals surface area contributed by atoms with Gasteiger partial charge in [-0.15, -0.1) is 0 Å². The van der Waals surface area contributed by atoms with E-state index < -0.39 is 0 Å². The number of nitriles is 1. The van der Waals surface area contributed by atoms with E-state index in [0.717, 1.165) is 24.8 Å². The van der Waals surface area contributed by atoms with Gasteiger partial charge in [0.2, 0.25) is 5.91 Å². The summed E-state index contributed by atoms with van der Waals surface area (Å²) in [6.45, 7) is 4.12. The quantitative estimate of drug-likeness (QED) is 0.394. The van der Waals surface area contributed by atoms with Crippen molar-refractivity contribution in [3.05, 3.63) is 11.8 Å². The van der Waals surface area contributed by atoms with Gasteiger partial charge in [0, 0.05) is 38.3 Å². The van der Waals surface area contributed by atoms with Crippen LogP contribution < -0.4 is 10.6 Å². The highest BCUT2D eigenvalue weighted by Gasteiger charge is 2.41. The molecule has 3 aliphatic rings. The van der Waals surface area contributed by atoms with Gasteiger partial charge in [-0.25, -0.2) is 0 Å². The van der Waals surface area contributed by atoms with E-state index in [-0.39, 0.29) is 17.4 Å². The van der Waals surface area contributed by atoms with E-state index >= 15 is 0 Å². The second-order valence-electron chi connectivity index (χ2n) is 8.06. The van der Waals surface area contributed by atoms with Crippen molar-refractivity contribution in [2.24, 2.45) is 17.8 Å². The van der Waals surface area contributed by atoms with Crippen LogP contribution in [-0.2, 0) is 9.59 Å². The molecule has 4 atom stereocenters. The normalized spacial score (nSPS) is 28.9. The van der Waals surface area contributed by atoms with Gasteiger partial charge in [0.1, 0.15) is 11.6 Å². The molecule has 0 aromatic rings. The highest BCUT2D eigenvalue weighted by atomic mass is 16.2. The van der Waals surface area contributed by atoms with Crippen LogP contribution in [0.5, 0.6) is 0 Å². The second kappa shape index (κ2) is 8.57. The molecule has 26 heavy (non-hydrogen) atoms. The van der Waals surface area contributed by atoms with E-state index in [1.807, 2.05) is 11.0 Å². The fourth-order valence-corrected chi connectivity index (χ4v) is 4.90. The summed E-state index contributed by atoms with van der Waals surface area (Å²) in [6.07, 6.45) is 9.19. The molecule has 2 saturated carbocycles. The summed E-state index contributed by atoms with van der Waals surface area (Å²) in [5.74, 6) is 2.22. The van der Waals surface area contributed by atoms with Gasteiger partial charge in [0.15, 0.2) is 0 Å². The molecular weight excluding hydrogens is 328 g/mol. The first-order valence-electron chi connectivity index (χ1n) is 10.0. The number of nitrogens with zero attached hydrogens (tertiary/aromatic N) is 2. The molecule has 2 amide bonds. The third kappa shape index (κ3) is 4.38. The summed E-state index contributed by atoms with van der Waals surface area (Å²) in [7, 11) is 0. The minimum absolute atomic E-state index is 0.122. The number of carbonyl (C=O) groups excluding carboxylic acids is 2. The van der Waals surface area contributed by atoms with Crippen molar-refractivity contribution in [1.82, 2.24) is 15.5 Å². The summed E-state index contributed by atoms with van der Waals surface area (Å²) in [5, 5.41) is 15.3. The van der Waals surface area contributed by atoms with Gasteiger partial charge in [-0.05, 0) is 56.8 Å². The molecule has 2 aliphatic carbocycles. The Balaban J connectivity index is 1.39. The van der Waals surface area contributed by atoms with Crippen LogP contribution in [-0.4, -0.2) is 42.4 Å². The molecule has 142 valence electrons. The molecule has 6 heteroatoms.